The summed E-state index contributed by atoms with van der Waals surface area (Å²) >= 11 is 6.91. The number of carbonyl (C=O) groups is 1. The van der Waals surface area contributed by atoms with Crippen LogP contribution in [0.5, 0.6) is 0 Å². The Kier molecular flexibility index (Phi) is 5.22. The molecule has 1 aromatic carbocycles. The zero-order valence-electron chi connectivity index (χ0n) is 11.8. The second-order valence-electron chi connectivity index (χ2n) is 4.81. The van der Waals surface area contributed by atoms with E-state index in [2.05, 4.69) is 37.0 Å². The van der Waals surface area contributed by atoms with E-state index in [1.807, 2.05) is 42.8 Å². The molecule has 4 nitrogen and oxygen atoms in total. The van der Waals surface area contributed by atoms with Crippen molar-refractivity contribution in [3.63, 3.8) is 0 Å². The standard InChI is InChI=1S/C15H16Br2N2O2/c1-3-19-13(14(17)9(2)18-19)8-12(15(20)21)10-5-4-6-11(16)7-10/h4-7,12H,3,8H2,1-2H3,(H,20,21). The summed E-state index contributed by atoms with van der Waals surface area (Å²) in [5.74, 6) is -1.43. The van der Waals surface area contributed by atoms with Crippen molar-refractivity contribution in [3.05, 3.63) is 50.2 Å². The molecular weight excluding hydrogens is 400 g/mol. The molecule has 1 unspecified atom stereocenters. The number of carboxylic acids is 1. The summed E-state index contributed by atoms with van der Waals surface area (Å²) < 4.78 is 3.63. The number of hydrogen-bond acceptors (Lipinski definition) is 2. The number of aliphatic carboxylic acids is 1. The van der Waals surface area contributed by atoms with Crippen LogP contribution in [-0.2, 0) is 17.8 Å². The maximum absolute atomic E-state index is 11.7. The third-order valence-corrected chi connectivity index (χ3v) is 4.92. The molecular formula is C15H16Br2N2O2. The van der Waals surface area contributed by atoms with Gasteiger partial charge in [0.05, 0.1) is 21.8 Å². The van der Waals surface area contributed by atoms with Crippen LogP contribution in [0.3, 0.4) is 0 Å². The fraction of sp³-hybridized carbons (Fsp3) is 0.333. The van der Waals surface area contributed by atoms with Gasteiger partial charge < -0.3 is 5.11 Å². The Balaban J connectivity index is 2.40. The highest BCUT2D eigenvalue weighted by atomic mass is 79.9. The number of benzene rings is 1. The first-order valence-electron chi connectivity index (χ1n) is 6.64. The third kappa shape index (κ3) is 3.55. The van der Waals surface area contributed by atoms with Crippen LogP contribution < -0.4 is 0 Å². The molecule has 1 aromatic heterocycles. The summed E-state index contributed by atoms with van der Waals surface area (Å²) in [7, 11) is 0. The molecule has 2 aromatic rings. The van der Waals surface area contributed by atoms with Gasteiger partial charge in [-0.25, -0.2) is 0 Å². The summed E-state index contributed by atoms with van der Waals surface area (Å²) in [6, 6.07) is 7.44. The van der Waals surface area contributed by atoms with E-state index < -0.39 is 11.9 Å². The van der Waals surface area contributed by atoms with Crippen LogP contribution in [0.1, 0.15) is 29.8 Å². The fourth-order valence-electron chi connectivity index (χ4n) is 2.33. The SMILES string of the molecule is CCn1nc(C)c(Br)c1CC(C(=O)O)c1cccc(Br)c1. The quantitative estimate of drug-likeness (QED) is 0.797. The summed E-state index contributed by atoms with van der Waals surface area (Å²) in [5, 5.41) is 14.0. The summed E-state index contributed by atoms with van der Waals surface area (Å²) in [6.07, 6.45) is 0.404. The Morgan fingerprint density at radius 1 is 1.43 bits per heavy atom. The molecule has 0 fully saturated rings. The van der Waals surface area contributed by atoms with Gasteiger partial charge in [-0.1, -0.05) is 28.1 Å². The molecule has 0 saturated heterocycles. The van der Waals surface area contributed by atoms with E-state index in [1.165, 1.54) is 0 Å². The van der Waals surface area contributed by atoms with E-state index in [0.29, 0.717) is 13.0 Å². The lowest BCUT2D eigenvalue weighted by Crippen LogP contribution is -2.17. The van der Waals surface area contributed by atoms with E-state index in [-0.39, 0.29) is 0 Å². The topological polar surface area (TPSA) is 55.1 Å². The molecule has 0 aliphatic carbocycles. The van der Waals surface area contributed by atoms with Crippen molar-refractivity contribution in [3.8, 4) is 0 Å². The highest BCUT2D eigenvalue weighted by Crippen LogP contribution is 2.29. The van der Waals surface area contributed by atoms with Gasteiger partial charge in [-0.05, 0) is 47.5 Å². The molecule has 0 amide bonds. The highest BCUT2D eigenvalue weighted by molar-refractivity contribution is 9.10. The number of aryl methyl sites for hydroxylation is 2. The minimum atomic E-state index is -0.832. The smallest absolute Gasteiger partial charge is 0.311 e. The van der Waals surface area contributed by atoms with Crippen molar-refractivity contribution in [1.82, 2.24) is 9.78 Å². The number of hydrogen-bond donors (Lipinski definition) is 1. The third-order valence-electron chi connectivity index (χ3n) is 3.40. The summed E-state index contributed by atoms with van der Waals surface area (Å²) in [4.78, 5) is 11.7. The fourth-order valence-corrected chi connectivity index (χ4v) is 3.19. The number of halogens is 2. The summed E-state index contributed by atoms with van der Waals surface area (Å²) in [6.45, 7) is 4.62. The van der Waals surface area contributed by atoms with Crippen LogP contribution in [0, 0.1) is 6.92 Å². The first-order valence-corrected chi connectivity index (χ1v) is 8.22. The lowest BCUT2D eigenvalue weighted by Gasteiger charge is -2.14. The molecule has 6 heteroatoms. The van der Waals surface area contributed by atoms with E-state index >= 15 is 0 Å². The predicted molar refractivity (Wildman–Crippen MR) is 88.6 cm³/mol. The van der Waals surface area contributed by atoms with Crippen molar-refractivity contribution < 1.29 is 9.90 Å². The lowest BCUT2D eigenvalue weighted by molar-refractivity contribution is -0.138. The van der Waals surface area contributed by atoms with Gasteiger partial charge >= 0.3 is 5.97 Å². The first-order chi connectivity index (χ1) is 9.93. The van der Waals surface area contributed by atoms with Gasteiger partial charge in [0.1, 0.15) is 0 Å². The molecule has 112 valence electrons. The van der Waals surface area contributed by atoms with Crippen LogP contribution in [0.25, 0.3) is 0 Å². The van der Waals surface area contributed by atoms with E-state index in [1.54, 1.807) is 0 Å². The average Bonchev–Trinajstić information content (AvgIpc) is 2.71. The Hall–Kier alpha value is -1.14. The van der Waals surface area contributed by atoms with E-state index in [9.17, 15) is 9.90 Å². The molecule has 2 rings (SSSR count). The van der Waals surface area contributed by atoms with Gasteiger partial charge in [0.2, 0.25) is 0 Å². The Morgan fingerprint density at radius 3 is 2.71 bits per heavy atom. The molecule has 0 spiro atoms. The molecule has 0 radical (unpaired) electrons. The predicted octanol–water partition coefficient (Wildman–Crippen LogP) is 4.15. The minimum absolute atomic E-state index is 0.404. The van der Waals surface area contributed by atoms with Crippen LogP contribution in [-0.4, -0.2) is 20.9 Å². The lowest BCUT2D eigenvalue weighted by atomic mass is 9.94. The zero-order valence-corrected chi connectivity index (χ0v) is 15.0. The van der Waals surface area contributed by atoms with Gasteiger partial charge in [-0.2, -0.15) is 5.10 Å². The number of carboxylic acid groups (broad SMARTS) is 1. The second-order valence-corrected chi connectivity index (χ2v) is 6.52. The van der Waals surface area contributed by atoms with Crippen molar-refractivity contribution in [2.75, 3.05) is 0 Å². The number of aromatic nitrogens is 2. The van der Waals surface area contributed by atoms with Gasteiger partial charge in [0.15, 0.2) is 0 Å². The number of nitrogens with zero attached hydrogens (tertiary/aromatic N) is 2. The van der Waals surface area contributed by atoms with Gasteiger partial charge in [0, 0.05) is 17.4 Å². The molecule has 0 bridgehead atoms. The second kappa shape index (κ2) is 6.75. The van der Waals surface area contributed by atoms with Gasteiger partial charge in [-0.3, -0.25) is 9.48 Å². The monoisotopic (exact) mass is 414 g/mol. The Labute approximate surface area is 140 Å². The van der Waals surface area contributed by atoms with Gasteiger partial charge in [0.25, 0.3) is 0 Å². The summed E-state index contributed by atoms with van der Waals surface area (Å²) in [5.41, 5.74) is 2.58. The molecule has 0 aliphatic heterocycles. The normalized spacial score (nSPS) is 12.4. The van der Waals surface area contributed by atoms with Crippen molar-refractivity contribution in [2.45, 2.75) is 32.7 Å². The molecule has 21 heavy (non-hydrogen) atoms. The zero-order chi connectivity index (χ0) is 15.6. The molecule has 1 atom stereocenters. The molecule has 1 heterocycles. The first kappa shape index (κ1) is 16.2. The van der Waals surface area contributed by atoms with Crippen molar-refractivity contribution in [1.29, 1.82) is 0 Å². The van der Waals surface area contributed by atoms with Gasteiger partial charge in [-0.15, -0.1) is 0 Å². The van der Waals surface area contributed by atoms with Crippen LogP contribution in [0.15, 0.2) is 33.2 Å². The van der Waals surface area contributed by atoms with Crippen LogP contribution in [0.4, 0.5) is 0 Å². The Bertz CT molecular complexity index is 668. The molecule has 1 N–H and O–H groups in total. The average molecular weight is 416 g/mol. The Morgan fingerprint density at radius 2 is 2.14 bits per heavy atom. The molecule has 0 saturated carbocycles. The molecule has 0 aliphatic rings. The van der Waals surface area contributed by atoms with E-state index in [0.717, 1.165) is 25.9 Å². The largest absolute Gasteiger partial charge is 0.481 e. The van der Waals surface area contributed by atoms with Crippen molar-refractivity contribution in [2.24, 2.45) is 0 Å². The minimum Gasteiger partial charge on any atom is -0.481 e. The maximum atomic E-state index is 11.7. The van der Waals surface area contributed by atoms with Crippen LogP contribution in [0.2, 0.25) is 0 Å². The van der Waals surface area contributed by atoms with E-state index in [4.69, 9.17) is 0 Å². The van der Waals surface area contributed by atoms with Crippen LogP contribution >= 0.6 is 31.9 Å². The highest BCUT2D eigenvalue weighted by Gasteiger charge is 2.24. The number of rotatable bonds is 5. The van der Waals surface area contributed by atoms with Crippen molar-refractivity contribution >= 4 is 37.8 Å². The maximum Gasteiger partial charge on any atom is 0.311 e.